The zero-order valence-corrected chi connectivity index (χ0v) is 10.6. The van der Waals surface area contributed by atoms with Gasteiger partial charge in [-0.05, 0) is 18.2 Å². The zero-order chi connectivity index (χ0) is 11.4. The maximum atomic E-state index is 5.01. The first-order chi connectivity index (χ1) is 7.81. The quantitative estimate of drug-likeness (QED) is 0.875. The van der Waals surface area contributed by atoms with Crippen molar-refractivity contribution < 1.29 is 4.74 Å². The number of hydrogen-bond donors (Lipinski definition) is 1. The lowest BCUT2D eigenvalue weighted by Gasteiger charge is -2.09. The summed E-state index contributed by atoms with van der Waals surface area (Å²) in [7, 11) is 1.69. The van der Waals surface area contributed by atoms with E-state index < -0.39 is 0 Å². The molecule has 0 bridgehead atoms. The average molecular weight is 281 g/mol. The van der Waals surface area contributed by atoms with E-state index in [-0.39, 0.29) is 0 Å². The third-order valence-corrected chi connectivity index (χ3v) is 2.75. The fourth-order valence-electron chi connectivity index (χ4n) is 1.58. The molecule has 0 amide bonds. The summed E-state index contributed by atoms with van der Waals surface area (Å²) >= 11 is 3.49. The Morgan fingerprint density at radius 3 is 3.12 bits per heavy atom. The Morgan fingerprint density at radius 2 is 2.31 bits per heavy atom. The van der Waals surface area contributed by atoms with E-state index in [4.69, 9.17) is 4.74 Å². The molecule has 0 radical (unpaired) electrons. The van der Waals surface area contributed by atoms with Crippen molar-refractivity contribution in [1.29, 1.82) is 0 Å². The first-order valence-corrected chi connectivity index (χ1v) is 5.87. The summed E-state index contributed by atoms with van der Waals surface area (Å²) in [6, 6.07) is 8.08. The van der Waals surface area contributed by atoms with E-state index in [2.05, 4.69) is 38.4 Å². The van der Waals surface area contributed by atoms with Crippen LogP contribution in [0.5, 0.6) is 0 Å². The summed E-state index contributed by atoms with van der Waals surface area (Å²) in [5.41, 5.74) is 2.02. The van der Waals surface area contributed by atoms with Crippen LogP contribution in [0.1, 0.15) is 0 Å². The number of benzene rings is 1. The Labute approximate surface area is 103 Å². The number of halogens is 1. The molecule has 1 heterocycles. The van der Waals surface area contributed by atoms with Crippen LogP contribution in [0.4, 0.5) is 5.69 Å². The molecule has 0 saturated heterocycles. The van der Waals surface area contributed by atoms with Crippen molar-refractivity contribution in [3.05, 3.63) is 34.9 Å². The molecule has 1 aromatic carbocycles. The van der Waals surface area contributed by atoms with Crippen LogP contribution in [0.25, 0.3) is 10.9 Å². The largest absolute Gasteiger partial charge is 0.383 e. The molecule has 0 fully saturated rings. The number of fused-ring (bicyclic) bond motifs is 1. The van der Waals surface area contributed by atoms with Crippen LogP contribution in [0, 0.1) is 0 Å². The number of rotatable bonds is 4. The van der Waals surface area contributed by atoms with E-state index in [0.29, 0.717) is 6.61 Å². The van der Waals surface area contributed by atoms with E-state index in [1.165, 1.54) is 0 Å². The smallest absolute Gasteiger partial charge is 0.0933 e. The van der Waals surface area contributed by atoms with Crippen LogP contribution >= 0.6 is 15.9 Å². The molecule has 0 unspecified atom stereocenters. The van der Waals surface area contributed by atoms with Gasteiger partial charge in [0.15, 0.2) is 0 Å². The SMILES string of the molecule is COCCNc1cc(Br)cc2cccnc12. The summed E-state index contributed by atoms with van der Waals surface area (Å²) < 4.78 is 6.06. The van der Waals surface area contributed by atoms with Gasteiger partial charge in [0.05, 0.1) is 17.8 Å². The number of anilines is 1. The highest BCUT2D eigenvalue weighted by Gasteiger charge is 2.03. The zero-order valence-electron chi connectivity index (χ0n) is 9.03. The summed E-state index contributed by atoms with van der Waals surface area (Å²) in [6.45, 7) is 1.46. The molecular formula is C12H13BrN2O. The molecule has 0 atom stereocenters. The lowest BCUT2D eigenvalue weighted by atomic mass is 10.2. The van der Waals surface area contributed by atoms with Crippen LogP contribution in [0.3, 0.4) is 0 Å². The maximum Gasteiger partial charge on any atom is 0.0933 e. The Kier molecular flexibility index (Phi) is 3.74. The fraction of sp³-hybridized carbons (Fsp3) is 0.250. The fourth-order valence-corrected chi connectivity index (χ4v) is 2.05. The lowest BCUT2D eigenvalue weighted by Crippen LogP contribution is -2.08. The predicted molar refractivity (Wildman–Crippen MR) is 69.8 cm³/mol. The van der Waals surface area contributed by atoms with E-state index in [1.54, 1.807) is 13.3 Å². The molecule has 1 aromatic heterocycles. The van der Waals surface area contributed by atoms with Crippen molar-refractivity contribution >= 4 is 32.5 Å². The molecule has 16 heavy (non-hydrogen) atoms. The minimum absolute atomic E-state index is 0.681. The highest BCUT2D eigenvalue weighted by atomic mass is 79.9. The number of pyridine rings is 1. The van der Waals surface area contributed by atoms with Crippen molar-refractivity contribution in [3.8, 4) is 0 Å². The number of aromatic nitrogens is 1. The topological polar surface area (TPSA) is 34.1 Å². The van der Waals surface area contributed by atoms with Crippen molar-refractivity contribution in [2.75, 3.05) is 25.6 Å². The standard InChI is InChI=1S/C12H13BrN2O/c1-16-6-5-14-11-8-10(13)7-9-3-2-4-15-12(9)11/h2-4,7-8,14H,5-6H2,1H3. The van der Waals surface area contributed by atoms with Crippen LogP contribution in [-0.4, -0.2) is 25.2 Å². The van der Waals surface area contributed by atoms with Gasteiger partial charge in [-0.3, -0.25) is 4.98 Å². The van der Waals surface area contributed by atoms with Crippen LogP contribution in [-0.2, 0) is 4.74 Å². The van der Waals surface area contributed by atoms with Gasteiger partial charge in [0, 0.05) is 29.7 Å². The third kappa shape index (κ3) is 2.51. The molecule has 0 spiro atoms. The van der Waals surface area contributed by atoms with Gasteiger partial charge in [0.1, 0.15) is 0 Å². The summed E-state index contributed by atoms with van der Waals surface area (Å²) in [5.74, 6) is 0. The second-order valence-corrected chi connectivity index (χ2v) is 4.36. The average Bonchev–Trinajstić information content (AvgIpc) is 2.29. The molecule has 84 valence electrons. The Hall–Kier alpha value is -1.13. The minimum Gasteiger partial charge on any atom is -0.383 e. The third-order valence-electron chi connectivity index (χ3n) is 2.29. The van der Waals surface area contributed by atoms with Gasteiger partial charge in [-0.15, -0.1) is 0 Å². The van der Waals surface area contributed by atoms with Gasteiger partial charge < -0.3 is 10.1 Å². The van der Waals surface area contributed by atoms with E-state index >= 15 is 0 Å². The minimum atomic E-state index is 0.681. The van der Waals surface area contributed by atoms with Crippen molar-refractivity contribution in [2.45, 2.75) is 0 Å². The monoisotopic (exact) mass is 280 g/mol. The lowest BCUT2D eigenvalue weighted by molar-refractivity contribution is 0.211. The Morgan fingerprint density at radius 1 is 1.44 bits per heavy atom. The maximum absolute atomic E-state index is 5.01. The number of hydrogen-bond acceptors (Lipinski definition) is 3. The molecule has 3 nitrogen and oxygen atoms in total. The molecule has 2 aromatic rings. The van der Waals surface area contributed by atoms with Crippen LogP contribution < -0.4 is 5.32 Å². The highest BCUT2D eigenvalue weighted by Crippen LogP contribution is 2.26. The number of ether oxygens (including phenoxy) is 1. The van der Waals surface area contributed by atoms with Gasteiger partial charge in [-0.2, -0.15) is 0 Å². The molecule has 0 aliphatic carbocycles. The first-order valence-electron chi connectivity index (χ1n) is 5.08. The molecule has 4 heteroatoms. The second kappa shape index (κ2) is 5.27. The molecular weight excluding hydrogens is 268 g/mol. The van der Waals surface area contributed by atoms with Crippen LogP contribution in [0.2, 0.25) is 0 Å². The van der Waals surface area contributed by atoms with E-state index in [0.717, 1.165) is 27.6 Å². The first kappa shape index (κ1) is 11.4. The van der Waals surface area contributed by atoms with Gasteiger partial charge >= 0.3 is 0 Å². The molecule has 2 rings (SSSR count). The van der Waals surface area contributed by atoms with Gasteiger partial charge in [0.25, 0.3) is 0 Å². The highest BCUT2D eigenvalue weighted by molar-refractivity contribution is 9.10. The van der Waals surface area contributed by atoms with Crippen molar-refractivity contribution in [1.82, 2.24) is 4.98 Å². The molecule has 0 aliphatic heterocycles. The normalized spacial score (nSPS) is 10.6. The van der Waals surface area contributed by atoms with Gasteiger partial charge in [0.2, 0.25) is 0 Å². The van der Waals surface area contributed by atoms with Crippen molar-refractivity contribution in [2.24, 2.45) is 0 Å². The predicted octanol–water partition coefficient (Wildman–Crippen LogP) is 3.06. The number of nitrogens with zero attached hydrogens (tertiary/aromatic N) is 1. The summed E-state index contributed by atoms with van der Waals surface area (Å²) in [5, 5.41) is 4.43. The summed E-state index contributed by atoms with van der Waals surface area (Å²) in [4.78, 5) is 4.38. The second-order valence-electron chi connectivity index (χ2n) is 3.45. The Balaban J connectivity index is 2.34. The Bertz CT molecular complexity index is 487. The molecule has 0 saturated carbocycles. The number of methoxy groups -OCH3 is 1. The van der Waals surface area contributed by atoms with Crippen LogP contribution in [0.15, 0.2) is 34.9 Å². The number of nitrogens with one attached hydrogen (secondary N) is 1. The van der Waals surface area contributed by atoms with Gasteiger partial charge in [-0.1, -0.05) is 22.0 Å². The summed E-state index contributed by atoms with van der Waals surface area (Å²) in [6.07, 6.45) is 1.80. The molecule has 1 N–H and O–H groups in total. The van der Waals surface area contributed by atoms with Gasteiger partial charge in [-0.25, -0.2) is 0 Å². The van der Waals surface area contributed by atoms with Crippen molar-refractivity contribution in [3.63, 3.8) is 0 Å². The van der Waals surface area contributed by atoms with E-state index in [1.807, 2.05) is 12.1 Å². The van der Waals surface area contributed by atoms with E-state index in [9.17, 15) is 0 Å². The molecule has 0 aliphatic rings.